The molecule has 0 bridgehead atoms. The van der Waals surface area contributed by atoms with E-state index >= 15 is 0 Å². The van der Waals surface area contributed by atoms with Crippen molar-refractivity contribution in [3.8, 4) is 0 Å². The first-order valence-corrected chi connectivity index (χ1v) is 4.54. The Morgan fingerprint density at radius 2 is 2.36 bits per heavy atom. The average molecular weight is 199 g/mol. The summed E-state index contributed by atoms with van der Waals surface area (Å²) in [5.41, 5.74) is -0.263. The summed E-state index contributed by atoms with van der Waals surface area (Å²) in [4.78, 5) is 22.3. The molecule has 1 amide bonds. The number of unbranched alkanes of at least 4 members (excludes halogenated alkanes) is 1. The van der Waals surface area contributed by atoms with Gasteiger partial charge in [0.05, 0.1) is 0 Å². The molecule has 5 heteroatoms. The third-order valence-corrected chi connectivity index (χ3v) is 1.88. The van der Waals surface area contributed by atoms with Crippen LogP contribution in [-0.2, 0) is 14.3 Å². The zero-order valence-corrected chi connectivity index (χ0v) is 8.00. The maximum atomic E-state index is 11.3. The van der Waals surface area contributed by atoms with E-state index in [1.165, 1.54) is 0 Å². The molecule has 0 aromatic heterocycles. The van der Waals surface area contributed by atoms with E-state index < -0.39 is 11.9 Å². The van der Waals surface area contributed by atoms with E-state index in [9.17, 15) is 9.59 Å². The zero-order chi connectivity index (χ0) is 10.6. The Morgan fingerprint density at radius 1 is 1.64 bits per heavy atom. The molecule has 0 aromatic carbocycles. The van der Waals surface area contributed by atoms with Crippen molar-refractivity contribution in [3.05, 3.63) is 11.3 Å². The highest BCUT2D eigenvalue weighted by atomic mass is 16.5. The number of aliphatic hydroxyl groups excluding tert-OH is 1. The van der Waals surface area contributed by atoms with Gasteiger partial charge >= 0.3 is 5.97 Å². The molecule has 14 heavy (non-hydrogen) atoms. The molecule has 0 saturated heterocycles. The van der Waals surface area contributed by atoms with Gasteiger partial charge in [-0.3, -0.25) is 4.79 Å². The lowest BCUT2D eigenvalue weighted by Gasteiger charge is -2.02. The molecule has 0 fully saturated rings. The fourth-order valence-electron chi connectivity index (χ4n) is 1.09. The largest absolute Gasteiger partial charge is 0.508 e. The van der Waals surface area contributed by atoms with Gasteiger partial charge in [0.1, 0.15) is 12.4 Å². The molecule has 1 heterocycles. The highest BCUT2D eigenvalue weighted by Gasteiger charge is 2.30. The van der Waals surface area contributed by atoms with Crippen LogP contribution in [0.1, 0.15) is 19.8 Å². The second-order valence-corrected chi connectivity index (χ2v) is 3.01. The summed E-state index contributed by atoms with van der Waals surface area (Å²) in [7, 11) is 0. The molecule has 0 aliphatic carbocycles. The van der Waals surface area contributed by atoms with E-state index in [0.717, 1.165) is 12.8 Å². The molecular weight excluding hydrogens is 186 g/mol. The van der Waals surface area contributed by atoms with Gasteiger partial charge in [0.15, 0.2) is 5.57 Å². The number of hydrogen-bond acceptors (Lipinski definition) is 4. The van der Waals surface area contributed by atoms with Crippen LogP contribution in [0.3, 0.4) is 0 Å². The number of amides is 1. The minimum atomic E-state index is -0.753. The fraction of sp³-hybridized carbons (Fsp3) is 0.556. The zero-order valence-electron chi connectivity index (χ0n) is 8.00. The molecule has 5 nitrogen and oxygen atoms in total. The van der Waals surface area contributed by atoms with Crippen molar-refractivity contribution in [3.63, 3.8) is 0 Å². The van der Waals surface area contributed by atoms with E-state index in [1.807, 2.05) is 6.92 Å². The van der Waals surface area contributed by atoms with E-state index in [0.29, 0.717) is 6.54 Å². The number of cyclic esters (lactones) is 1. The Balaban J connectivity index is 2.52. The number of carbonyl (C=O) groups is 2. The number of hydrogen-bond donors (Lipinski definition) is 2. The summed E-state index contributed by atoms with van der Waals surface area (Å²) in [6.07, 6.45) is 1.80. The Kier molecular flexibility index (Phi) is 3.50. The van der Waals surface area contributed by atoms with E-state index in [-0.39, 0.29) is 17.9 Å². The number of esters is 1. The standard InChI is InChI=1S/C9H13NO4/c1-2-3-4-10-8(12)7-6(11)5-14-9(7)13/h11H,2-5H2,1H3,(H,10,12). The van der Waals surface area contributed by atoms with Crippen LogP contribution in [0.5, 0.6) is 0 Å². The van der Waals surface area contributed by atoms with Crippen LogP contribution in [-0.4, -0.2) is 30.1 Å². The summed E-state index contributed by atoms with van der Waals surface area (Å²) >= 11 is 0. The first-order chi connectivity index (χ1) is 6.66. The van der Waals surface area contributed by atoms with E-state index in [4.69, 9.17) is 5.11 Å². The number of rotatable bonds is 4. The van der Waals surface area contributed by atoms with Gasteiger partial charge in [-0.15, -0.1) is 0 Å². The quantitative estimate of drug-likeness (QED) is 0.387. The van der Waals surface area contributed by atoms with Crippen molar-refractivity contribution in [1.29, 1.82) is 0 Å². The van der Waals surface area contributed by atoms with Gasteiger partial charge < -0.3 is 15.2 Å². The number of ether oxygens (including phenoxy) is 1. The van der Waals surface area contributed by atoms with Gasteiger partial charge in [0, 0.05) is 6.54 Å². The molecule has 0 aromatic rings. The van der Waals surface area contributed by atoms with Gasteiger partial charge in [0.25, 0.3) is 5.91 Å². The normalized spacial score (nSPS) is 15.6. The van der Waals surface area contributed by atoms with Gasteiger partial charge in [-0.25, -0.2) is 4.79 Å². The number of carbonyl (C=O) groups excluding carboxylic acids is 2. The van der Waals surface area contributed by atoms with Crippen molar-refractivity contribution in [2.75, 3.05) is 13.2 Å². The van der Waals surface area contributed by atoms with Crippen LogP contribution in [0.15, 0.2) is 11.3 Å². The lowest BCUT2D eigenvalue weighted by atomic mass is 10.2. The monoisotopic (exact) mass is 199 g/mol. The summed E-state index contributed by atoms with van der Waals surface area (Å²) < 4.78 is 4.48. The maximum absolute atomic E-state index is 11.3. The SMILES string of the molecule is CCCCNC(=O)C1=C(O)COC1=O. The van der Waals surface area contributed by atoms with Crippen molar-refractivity contribution in [1.82, 2.24) is 5.32 Å². The smallest absolute Gasteiger partial charge is 0.347 e. The molecule has 0 spiro atoms. The molecule has 78 valence electrons. The second-order valence-electron chi connectivity index (χ2n) is 3.01. The molecule has 1 aliphatic rings. The van der Waals surface area contributed by atoms with Gasteiger partial charge in [-0.05, 0) is 6.42 Å². The molecule has 0 radical (unpaired) electrons. The highest BCUT2D eigenvalue weighted by Crippen LogP contribution is 2.12. The lowest BCUT2D eigenvalue weighted by molar-refractivity contribution is -0.137. The maximum Gasteiger partial charge on any atom is 0.347 e. The van der Waals surface area contributed by atoms with Crippen LogP contribution in [0.2, 0.25) is 0 Å². The summed E-state index contributed by atoms with van der Waals surface area (Å²) in [6, 6.07) is 0. The molecule has 0 unspecified atom stereocenters. The van der Waals surface area contributed by atoms with Crippen molar-refractivity contribution in [2.24, 2.45) is 0 Å². The fourth-order valence-corrected chi connectivity index (χ4v) is 1.09. The van der Waals surface area contributed by atoms with Gasteiger partial charge in [-0.2, -0.15) is 0 Å². The van der Waals surface area contributed by atoms with Crippen molar-refractivity contribution >= 4 is 11.9 Å². The Morgan fingerprint density at radius 3 is 2.86 bits per heavy atom. The van der Waals surface area contributed by atoms with E-state index in [1.54, 1.807) is 0 Å². The lowest BCUT2D eigenvalue weighted by Crippen LogP contribution is -2.28. The number of aliphatic hydroxyl groups is 1. The Hall–Kier alpha value is -1.52. The molecular formula is C9H13NO4. The van der Waals surface area contributed by atoms with Gasteiger partial charge in [0.2, 0.25) is 0 Å². The molecule has 1 aliphatic heterocycles. The summed E-state index contributed by atoms with van der Waals surface area (Å²) in [6.45, 7) is 2.29. The van der Waals surface area contributed by atoms with Crippen molar-refractivity contribution < 1.29 is 19.4 Å². The predicted octanol–water partition coefficient (Wildman–Crippen LogP) is 0.272. The average Bonchev–Trinajstić information content (AvgIpc) is 2.46. The first kappa shape index (κ1) is 10.6. The summed E-state index contributed by atoms with van der Waals surface area (Å²) in [5.74, 6) is -1.60. The molecule has 0 saturated carbocycles. The summed E-state index contributed by atoms with van der Waals surface area (Å²) in [5, 5.41) is 11.7. The topological polar surface area (TPSA) is 75.6 Å². The minimum Gasteiger partial charge on any atom is -0.508 e. The third-order valence-electron chi connectivity index (χ3n) is 1.88. The number of nitrogens with one attached hydrogen (secondary N) is 1. The van der Waals surface area contributed by atoms with Gasteiger partial charge in [-0.1, -0.05) is 13.3 Å². The highest BCUT2D eigenvalue weighted by molar-refractivity contribution is 6.17. The Labute approximate surface area is 81.7 Å². The molecule has 0 atom stereocenters. The molecule has 2 N–H and O–H groups in total. The van der Waals surface area contributed by atoms with Crippen molar-refractivity contribution in [2.45, 2.75) is 19.8 Å². The minimum absolute atomic E-state index is 0.199. The van der Waals surface area contributed by atoms with Crippen LogP contribution in [0, 0.1) is 0 Å². The van der Waals surface area contributed by atoms with Crippen LogP contribution in [0.25, 0.3) is 0 Å². The van der Waals surface area contributed by atoms with Crippen LogP contribution >= 0.6 is 0 Å². The molecule has 1 rings (SSSR count). The third kappa shape index (κ3) is 2.25. The van der Waals surface area contributed by atoms with Crippen LogP contribution < -0.4 is 5.32 Å². The Bertz CT molecular complexity index is 283. The van der Waals surface area contributed by atoms with Crippen LogP contribution in [0.4, 0.5) is 0 Å². The van der Waals surface area contributed by atoms with E-state index in [2.05, 4.69) is 10.1 Å². The second kappa shape index (κ2) is 4.64. The predicted molar refractivity (Wildman–Crippen MR) is 48.5 cm³/mol. The first-order valence-electron chi connectivity index (χ1n) is 4.54.